The third-order valence-corrected chi connectivity index (χ3v) is 12.0. The van der Waals surface area contributed by atoms with Crippen molar-refractivity contribution in [1.29, 1.82) is 0 Å². The van der Waals surface area contributed by atoms with Crippen molar-refractivity contribution in [2.24, 2.45) is 0 Å². The van der Waals surface area contributed by atoms with Gasteiger partial charge in [-0.15, -0.1) is 0 Å². The van der Waals surface area contributed by atoms with E-state index in [9.17, 15) is 0 Å². The molecule has 2 heterocycles. The van der Waals surface area contributed by atoms with E-state index in [2.05, 4.69) is 187 Å². The minimum Gasteiger partial charge on any atom is -0.264 e. The topological polar surface area (TPSA) is 51.6 Å². The van der Waals surface area contributed by atoms with E-state index in [4.69, 9.17) is 15.0 Å². The van der Waals surface area contributed by atoms with Crippen LogP contribution >= 0.6 is 0 Å². The molecule has 4 heteroatoms. The van der Waals surface area contributed by atoms with Gasteiger partial charge in [0.1, 0.15) is 0 Å². The first-order valence-corrected chi connectivity index (χ1v) is 20.6. The van der Waals surface area contributed by atoms with Crippen molar-refractivity contribution >= 4 is 0 Å². The summed E-state index contributed by atoms with van der Waals surface area (Å²) in [6.45, 7) is 0. The maximum Gasteiger partial charge on any atom is 0.164 e. The number of fused-ring (bicyclic) bond motifs is 3. The van der Waals surface area contributed by atoms with Crippen molar-refractivity contribution in [3.63, 3.8) is 0 Å². The normalized spacial score (nSPS) is 12.4. The Labute approximate surface area is 355 Å². The first-order chi connectivity index (χ1) is 30.2. The summed E-state index contributed by atoms with van der Waals surface area (Å²) in [4.78, 5) is 19.2. The molecule has 0 bridgehead atoms. The molecule has 8 aromatic carbocycles. The highest BCUT2D eigenvalue weighted by molar-refractivity contribution is 5.95. The minimum atomic E-state index is -0.432. The van der Waals surface area contributed by atoms with Crippen LogP contribution in [0.25, 0.3) is 78.7 Å². The number of benzene rings is 8. The Morgan fingerprint density at radius 2 is 0.689 bits per heavy atom. The lowest BCUT2D eigenvalue weighted by Gasteiger charge is -2.34. The third kappa shape index (κ3) is 6.33. The summed E-state index contributed by atoms with van der Waals surface area (Å²) in [7, 11) is 0. The number of nitrogens with zero attached hydrogens (tertiary/aromatic N) is 4. The molecule has 10 aromatic rings. The van der Waals surface area contributed by atoms with Crippen LogP contribution in [0.3, 0.4) is 0 Å². The Morgan fingerprint density at radius 1 is 0.279 bits per heavy atom. The second-order valence-corrected chi connectivity index (χ2v) is 15.4. The summed E-state index contributed by atoms with van der Waals surface area (Å²) >= 11 is 0. The van der Waals surface area contributed by atoms with Gasteiger partial charge in [-0.25, -0.2) is 15.0 Å². The Hall–Kier alpha value is -8.08. The van der Waals surface area contributed by atoms with Crippen molar-refractivity contribution in [2.45, 2.75) is 5.41 Å². The molecule has 0 radical (unpaired) electrons. The van der Waals surface area contributed by atoms with E-state index in [0.29, 0.717) is 17.5 Å². The highest BCUT2D eigenvalue weighted by atomic mass is 15.0. The van der Waals surface area contributed by atoms with Crippen LogP contribution in [0.15, 0.2) is 231 Å². The van der Waals surface area contributed by atoms with Gasteiger partial charge in [0.05, 0.1) is 5.41 Å². The van der Waals surface area contributed by atoms with E-state index in [1.807, 2.05) is 42.6 Å². The van der Waals surface area contributed by atoms with Crippen molar-refractivity contribution in [2.75, 3.05) is 0 Å². The third-order valence-electron chi connectivity index (χ3n) is 12.0. The van der Waals surface area contributed by atoms with Gasteiger partial charge in [0.2, 0.25) is 0 Å². The number of hydrogen-bond acceptors (Lipinski definition) is 4. The van der Waals surface area contributed by atoms with Gasteiger partial charge in [-0.1, -0.05) is 212 Å². The fraction of sp³-hybridized carbons (Fsp3) is 0.0175. The molecule has 61 heavy (non-hydrogen) atoms. The molecule has 1 aliphatic rings. The van der Waals surface area contributed by atoms with Crippen LogP contribution in [-0.2, 0) is 5.41 Å². The second-order valence-electron chi connectivity index (χ2n) is 15.4. The standard InChI is InChI=1S/C57H38N4/c1-4-14-43(15-5-1)54-59-55(61-56(60-54)45-35-29-41(30-36-45)46-16-13-37-58-38-46)44-33-27-40(28-34-44)39-25-31-42(32-26-39)49-22-12-24-52-53(49)50-21-10-11-23-51(50)57(52,47-17-6-2-7-18-47)48-19-8-3-9-20-48/h1-38H. The molecule has 0 amide bonds. The fourth-order valence-electron chi connectivity index (χ4n) is 9.08. The van der Waals surface area contributed by atoms with Crippen molar-refractivity contribution in [3.8, 4) is 78.7 Å². The molecular weight excluding hydrogens is 741 g/mol. The van der Waals surface area contributed by atoms with Crippen LogP contribution in [0.5, 0.6) is 0 Å². The Kier molecular flexibility index (Phi) is 9.02. The molecular formula is C57H38N4. The maximum absolute atomic E-state index is 5.01. The lowest BCUT2D eigenvalue weighted by molar-refractivity contribution is 0.768. The Balaban J connectivity index is 0.939. The molecule has 1 aliphatic carbocycles. The van der Waals surface area contributed by atoms with Gasteiger partial charge >= 0.3 is 0 Å². The van der Waals surface area contributed by atoms with Gasteiger partial charge in [-0.2, -0.15) is 0 Å². The van der Waals surface area contributed by atoms with Crippen molar-refractivity contribution in [3.05, 3.63) is 253 Å². The average Bonchev–Trinajstić information content (AvgIpc) is 3.66. The monoisotopic (exact) mass is 778 g/mol. The highest BCUT2D eigenvalue weighted by Gasteiger charge is 2.46. The number of aromatic nitrogens is 4. The zero-order chi connectivity index (χ0) is 40.6. The first-order valence-electron chi connectivity index (χ1n) is 20.6. The van der Waals surface area contributed by atoms with E-state index in [1.54, 1.807) is 6.20 Å². The SMILES string of the molecule is c1ccc(-c2nc(-c3ccc(-c4ccc(-c5cccc6c5-c5ccccc5C6(c5ccccc5)c5ccccc5)cc4)cc3)nc(-c3ccc(-c4cccnc4)cc3)n2)cc1. The van der Waals surface area contributed by atoms with Crippen LogP contribution in [0.1, 0.15) is 22.3 Å². The van der Waals surface area contributed by atoms with Gasteiger partial charge in [0.25, 0.3) is 0 Å². The summed E-state index contributed by atoms with van der Waals surface area (Å²) in [6, 6.07) is 77.6. The van der Waals surface area contributed by atoms with Gasteiger partial charge < -0.3 is 0 Å². The van der Waals surface area contributed by atoms with E-state index >= 15 is 0 Å². The maximum atomic E-state index is 5.01. The Morgan fingerprint density at radius 3 is 1.23 bits per heavy atom. The molecule has 0 atom stereocenters. The second kappa shape index (κ2) is 15.3. The van der Waals surface area contributed by atoms with E-state index in [1.165, 1.54) is 44.5 Å². The Bertz CT molecular complexity index is 3090. The van der Waals surface area contributed by atoms with Gasteiger partial charge in [0.15, 0.2) is 17.5 Å². The molecule has 0 fully saturated rings. The van der Waals surface area contributed by atoms with Crippen LogP contribution < -0.4 is 0 Å². The lowest BCUT2D eigenvalue weighted by Crippen LogP contribution is -2.28. The molecule has 4 nitrogen and oxygen atoms in total. The van der Waals surface area contributed by atoms with Crippen molar-refractivity contribution in [1.82, 2.24) is 19.9 Å². The summed E-state index contributed by atoms with van der Waals surface area (Å²) < 4.78 is 0. The van der Waals surface area contributed by atoms with Gasteiger partial charge in [-0.05, 0) is 72.8 Å². The molecule has 0 unspecified atom stereocenters. The van der Waals surface area contributed by atoms with Crippen molar-refractivity contribution < 1.29 is 0 Å². The van der Waals surface area contributed by atoms with Gasteiger partial charge in [-0.3, -0.25) is 4.98 Å². The minimum absolute atomic E-state index is 0.432. The summed E-state index contributed by atoms with van der Waals surface area (Å²) in [5.41, 5.74) is 16.9. The zero-order valence-corrected chi connectivity index (χ0v) is 33.2. The lowest BCUT2D eigenvalue weighted by atomic mass is 9.67. The van der Waals surface area contributed by atoms with Crippen LogP contribution in [-0.4, -0.2) is 19.9 Å². The van der Waals surface area contributed by atoms with E-state index < -0.39 is 5.41 Å². The number of pyridine rings is 1. The summed E-state index contributed by atoms with van der Waals surface area (Å²) in [6.07, 6.45) is 3.66. The highest BCUT2D eigenvalue weighted by Crippen LogP contribution is 2.58. The van der Waals surface area contributed by atoms with Crippen LogP contribution in [0.2, 0.25) is 0 Å². The van der Waals surface area contributed by atoms with Crippen LogP contribution in [0, 0.1) is 0 Å². The largest absolute Gasteiger partial charge is 0.264 e. The molecule has 0 saturated heterocycles. The number of rotatable bonds is 8. The predicted octanol–water partition coefficient (Wildman–Crippen LogP) is 13.6. The molecule has 0 aliphatic heterocycles. The smallest absolute Gasteiger partial charge is 0.164 e. The summed E-state index contributed by atoms with van der Waals surface area (Å²) in [5, 5.41) is 0. The number of hydrogen-bond donors (Lipinski definition) is 0. The molecule has 0 N–H and O–H groups in total. The average molecular weight is 779 g/mol. The van der Waals surface area contributed by atoms with Gasteiger partial charge in [0, 0.05) is 29.1 Å². The quantitative estimate of drug-likeness (QED) is 0.154. The summed E-state index contributed by atoms with van der Waals surface area (Å²) in [5.74, 6) is 1.89. The van der Waals surface area contributed by atoms with E-state index in [-0.39, 0.29) is 0 Å². The fourth-order valence-corrected chi connectivity index (χ4v) is 9.08. The van der Waals surface area contributed by atoms with E-state index in [0.717, 1.165) is 38.9 Å². The molecule has 286 valence electrons. The first kappa shape index (κ1) is 36.0. The predicted molar refractivity (Wildman–Crippen MR) is 248 cm³/mol. The molecule has 2 aromatic heterocycles. The zero-order valence-electron chi connectivity index (χ0n) is 33.2. The molecule has 11 rings (SSSR count). The molecule has 0 spiro atoms. The molecule has 0 saturated carbocycles. The van der Waals surface area contributed by atoms with Crippen LogP contribution in [0.4, 0.5) is 0 Å².